The number of nitrogens with zero attached hydrogens (tertiary/aromatic N) is 1. The molecule has 184 valence electrons. The second-order valence-electron chi connectivity index (χ2n) is 8.47. The highest BCUT2D eigenvalue weighted by atomic mass is 35.5. The molecule has 34 heavy (non-hydrogen) atoms. The Hall–Kier alpha value is -2.37. The third kappa shape index (κ3) is 10.3. The van der Waals surface area contributed by atoms with Crippen LogP contribution in [-0.2, 0) is 4.79 Å². The number of anilines is 1. The minimum atomic E-state index is -0.316. The summed E-state index contributed by atoms with van der Waals surface area (Å²) >= 11 is 12.0. The van der Waals surface area contributed by atoms with E-state index >= 15 is 0 Å². The molecule has 0 aromatic heterocycles. The topological polar surface area (TPSA) is 70.6 Å². The Bertz CT molecular complexity index is 959. The number of rotatable bonds is 14. The number of hydrogen-bond donors (Lipinski definition) is 2. The quantitative estimate of drug-likeness (QED) is 0.155. The first-order chi connectivity index (χ1) is 16.4. The average Bonchev–Trinajstić information content (AvgIpc) is 2.81. The Balaban J connectivity index is 1.72. The van der Waals surface area contributed by atoms with Gasteiger partial charge in [-0.3, -0.25) is 9.59 Å². The largest absolute Gasteiger partial charge is 0.322 e. The van der Waals surface area contributed by atoms with Crippen molar-refractivity contribution in [3.8, 4) is 0 Å². The molecule has 0 radical (unpaired) electrons. The molecule has 0 bridgehead atoms. The lowest BCUT2D eigenvalue weighted by Gasteiger charge is -2.08. The molecule has 0 fully saturated rings. The molecule has 0 heterocycles. The van der Waals surface area contributed by atoms with Gasteiger partial charge in [-0.1, -0.05) is 93.6 Å². The van der Waals surface area contributed by atoms with Gasteiger partial charge < -0.3 is 5.32 Å². The maximum absolute atomic E-state index is 12.4. The number of hydrogen-bond acceptors (Lipinski definition) is 3. The fourth-order valence-electron chi connectivity index (χ4n) is 3.53. The van der Waals surface area contributed by atoms with Crippen molar-refractivity contribution in [1.82, 2.24) is 5.43 Å². The number of benzene rings is 2. The van der Waals surface area contributed by atoms with E-state index in [1.807, 2.05) is 19.1 Å². The highest BCUT2D eigenvalue weighted by Gasteiger charge is 2.11. The van der Waals surface area contributed by atoms with Gasteiger partial charge in [0, 0.05) is 17.1 Å². The van der Waals surface area contributed by atoms with Crippen molar-refractivity contribution in [2.24, 2.45) is 5.10 Å². The summed E-state index contributed by atoms with van der Waals surface area (Å²) in [5.41, 5.74) is 5.16. The Kier molecular flexibility index (Phi) is 12.7. The molecular weight excluding hydrogens is 469 g/mol. The Labute approximate surface area is 213 Å². The Morgan fingerprint density at radius 2 is 1.47 bits per heavy atom. The van der Waals surface area contributed by atoms with Crippen LogP contribution >= 0.6 is 23.2 Å². The Morgan fingerprint density at radius 3 is 2.09 bits per heavy atom. The lowest BCUT2D eigenvalue weighted by Crippen LogP contribution is -2.18. The van der Waals surface area contributed by atoms with E-state index in [0.29, 0.717) is 33.4 Å². The second kappa shape index (κ2) is 15.5. The molecule has 0 unspecified atom stereocenters. The Morgan fingerprint density at radius 1 is 0.853 bits per heavy atom. The molecular formula is C27H35Cl2N3O2. The summed E-state index contributed by atoms with van der Waals surface area (Å²) in [6.45, 7) is 4.06. The minimum Gasteiger partial charge on any atom is -0.322 e. The van der Waals surface area contributed by atoms with Crippen LogP contribution in [0.3, 0.4) is 0 Å². The number of amides is 2. The van der Waals surface area contributed by atoms with Crippen molar-refractivity contribution in [3.63, 3.8) is 0 Å². The van der Waals surface area contributed by atoms with E-state index in [1.165, 1.54) is 51.0 Å². The van der Waals surface area contributed by atoms with Crippen molar-refractivity contribution >= 4 is 46.4 Å². The van der Waals surface area contributed by atoms with E-state index in [2.05, 4.69) is 22.8 Å². The summed E-state index contributed by atoms with van der Waals surface area (Å²) in [7, 11) is 0. The minimum absolute atomic E-state index is 0.0639. The zero-order valence-electron chi connectivity index (χ0n) is 20.1. The molecule has 2 N–H and O–H groups in total. The molecule has 2 rings (SSSR count). The van der Waals surface area contributed by atoms with E-state index in [1.54, 1.807) is 24.3 Å². The second-order valence-corrected chi connectivity index (χ2v) is 9.31. The molecule has 0 atom stereocenters. The zero-order valence-corrected chi connectivity index (χ0v) is 21.6. The van der Waals surface area contributed by atoms with Crippen LogP contribution in [0.4, 0.5) is 5.69 Å². The van der Waals surface area contributed by atoms with Crippen LogP contribution in [0.25, 0.3) is 0 Å². The van der Waals surface area contributed by atoms with Crippen molar-refractivity contribution in [2.75, 3.05) is 5.32 Å². The summed E-state index contributed by atoms with van der Waals surface area (Å²) in [4.78, 5) is 24.5. The molecule has 2 aromatic carbocycles. The van der Waals surface area contributed by atoms with Gasteiger partial charge in [-0.25, -0.2) is 5.43 Å². The molecule has 0 saturated carbocycles. The van der Waals surface area contributed by atoms with E-state index in [9.17, 15) is 9.59 Å². The summed E-state index contributed by atoms with van der Waals surface area (Å²) in [6, 6.07) is 12.0. The third-order valence-corrected chi connectivity index (χ3v) is 6.14. The van der Waals surface area contributed by atoms with Crippen molar-refractivity contribution < 1.29 is 9.59 Å². The number of nitrogens with one attached hydrogen (secondary N) is 2. The van der Waals surface area contributed by atoms with Gasteiger partial charge in [0.05, 0.1) is 16.3 Å². The van der Waals surface area contributed by atoms with E-state index in [-0.39, 0.29) is 11.8 Å². The number of carbonyl (C=O) groups is 2. The lowest BCUT2D eigenvalue weighted by atomic mass is 10.1. The van der Waals surface area contributed by atoms with Gasteiger partial charge in [0.2, 0.25) is 5.91 Å². The molecule has 2 aromatic rings. The maximum Gasteiger partial charge on any atom is 0.257 e. The fraction of sp³-hybridized carbons (Fsp3) is 0.444. The summed E-state index contributed by atoms with van der Waals surface area (Å²) < 4.78 is 0. The molecule has 0 aliphatic carbocycles. The first-order valence-electron chi connectivity index (χ1n) is 12.1. The highest BCUT2D eigenvalue weighted by molar-refractivity contribution is 6.37. The van der Waals surface area contributed by atoms with E-state index in [4.69, 9.17) is 23.2 Å². The lowest BCUT2D eigenvalue weighted by molar-refractivity contribution is -0.121. The fourth-order valence-corrected chi connectivity index (χ4v) is 4.02. The first kappa shape index (κ1) is 27.9. The van der Waals surface area contributed by atoms with Crippen LogP contribution in [0.5, 0.6) is 0 Å². The molecule has 0 saturated heterocycles. The van der Waals surface area contributed by atoms with Crippen LogP contribution in [-0.4, -0.2) is 17.5 Å². The average molecular weight is 505 g/mol. The molecule has 0 aliphatic rings. The summed E-state index contributed by atoms with van der Waals surface area (Å²) in [5.74, 6) is -0.380. The van der Waals surface area contributed by atoms with Gasteiger partial charge in [0.25, 0.3) is 5.91 Å². The molecule has 2 amide bonds. The van der Waals surface area contributed by atoms with Crippen LogP contribution in [0.1, 0.15) is 94.0 Å². The molecule has 0 aliphatic heterocycles. The third-order valence-electron chi connectivity index (χ3n) is 5.59. The van der Waals surface area contributed by atoms with Crippen molar-refractivity contribution in [1.29, 1.82) is 0 Å². The van der Waals surface area contributed by atoms with Gasteiger partial charge in [-0.05, 0) is 49.2 Å². The standard InChI is InChI=1S/C27H35Cl2N3O2/c1-3-4-5-6-7-8-9-10-11-12-26(33)32-31-20(2)21-13-16-23(17-14-21)30-27(34)24-18-15-22(28)19-25(24)29/h13-19H,3-12H2,1-2H3,(H,30,34)(H,32,33)/b31-20-. The molecule has 0 spiro atoms. The molecule has 5 nitrogen and oxygen atoms in total. The normalized spacial score (nSPS) is 11.4. The van der Waals surface area contributed by atoms with Gasteiger partial charge in [0.15, 0.2) is 0 Å². The van der Waals surface area contributed by atoms with Gasteiger partial charge in [-0.2, -0.15) is 5.10 Å². The summed E-state index contributed by atoms with van der Waals surface area (Å²) in [6.07, 6.45) is 11.5. The van der Waals surface area contributed by atoms with Gasteiger partial charge >= 0.3 is 0 Å². The number of halogens is 2. The first-order valence-corrected chi connectivity index (χ1v) is 12.9. The van der Waals surface area contributed by atoms with Crippen molar-refractivity contribution in [2.45, 2.75) is 78.1 Å². The van der Waals surface area contributed by atoms with Gasteiger partial charge in [-0.15, -0.1) is 0 Å². The number of carbonyl (C=O) groups excluding carboxylic acids is 2. The zero-order chi connectivity index (χ0) is 24.8. The predicted molar refractivity (Wildman–Crippen MR) is 143 cm³/mol. The van der Waals surface area contributed by atoms with Crippen LogP contribution < -0.4 is 10.7 Å². The van der Waals surface area contributed by atoms with Crippen LogP contribution in [0, 0.1) is 0 Å². The van der Waals surface area contributed by atoms with Gasteiger partial charge in [0.1, 0.15) is 0 Å². The van der Waals surface area contributed by atoms with Crippen molar-refractivity contribution in [3.05, 3.63) is 63.6 Å². The monoisotopic (exact) mass is 503 g/mol. The summed E-state index contributed by atoms with van der Waals surface area (Å²) in [5, 5.41) is 7.79. The van der Waals surface area contributed by atoms with Crippen LogP contribution in [0.15, 0.2) is 47.6 Å². The maximum atomic E-state index is 12.4. The predicted octanol–water partition coefficient (Wildman–Crippen LogP) is 8.01. The van der Waals surface area contributed by atoms with E-state index < -0.39 is 0 Å². The number of unbranched alkanes of at least 4 members (excludes halogenated alkanes) is 8. The highest BCUT2D eigenvalue weighted by Crippen LogP contribution is 2.22. The van der Waals surface area contributed by atoms with E-state index in [0.717, 1.165) is 18.4 Å². The van der Waals surface area contributed by atoms with Crippen LogP contribution in [0.2, 0.25) is 10.0 Å². The SMILES string of the molecule is CCCCCCCCCCCC(=O)N/N=C(/C)c1ccc(NC(=O)c2ccc(Cl)cc2Cl)cc1. The smallest absolute Gasteiger partial charge is 0.257 e. The number of hydrazone groups is 1. The molecule has 7 heteroatoms.